The maximum absolute atomic E-state index is 5.86. The molecule has 2 heteroatoms. The number of hydrogen-bond donors (Lipinski definition) is 0. The lowest BCUT2D eigenvalue weighted by atomic mass is 9.69. The van der Waals surface area contributed by atoms with Gasteiger partial charge < -0.3 is 9.47 Å². The largest absolute Gasteiger partial charge is 0.347 e. The third kappa shape index (κ3) is 1.17. The van der Waals surface area contributed by atoms with Crippen LogP contribution < -0.4 is 0 Å². The number of hydrogen-bond acceptors (Lipinski definition) is 2. The van der Waals surface area contributed by atoms with E-state index in [1.807, 2.05) is 0 Å². The van der Waals surface area contributed by atoms with Crippen molar-refractivity contribution < 1.29 is 9.47 Å². The summed E-state index contributed by atoms with van der Waals surface area (Å²) in [6, 6.07) is 0. The van der Waals surface area contributed by atoms with E-state index in [2.05, 4.69) is 27.7 Å². The minimum Gasteiger partial charge on any atom is -0.347 e. The van der Waals surface area contributed by atoms with E-state index in [0.717, 1.165) is 26.1 Å². The molecular weight excluding hydrogens is 176 g/mol. The molecule has 0 radical (unpaired) electrons. The van der Waals surface area contributed by atoms with Crippen LogP contribution in [0.2, 0.25) is 0 Å². The molecule has 0 aromatic carbocycles. The fourth-order valence-corrected chi connectivity index (χ4v) is 2.63. The van der Waals surface area contributed by atoms with Crippen molar-refractivity contribution in [1.82, 2.24) is 0 Å². The van der Waals surface area contributed by atoms with E-state index in [1.54, 1.807) is 0 Å². The van der Waals surface area contributed by atoms with Crippen molar-refractivity contribution in [3.63, 3.8) is 0 Å². The first-order valence-corrected chi connectivity index (χ1v) is 5.44. The summed E-state index contributed by atoms with van der Waals surface area (Å²) in [6.45, 7) is 10.4. The summed E-state index contributed by atoms with van der Waals surface area (Å²) in [5, 5.41) is 0. The Hall–Kier alpha value is -0.340. The second kappa shape index (κ2) is 3.07. The molecule has 14 heavy (non-hydrogen) atoms. The lowest BCUT2D eigenvalue weighted by molar-refractivity contribution is -0.224. The SMILES string of the molecule is CC1=C(C)C(C)(C)C2(CC1)OCCO2. The molecule has 2 nitrogen and oxygen atoms in total. The summed E-state index contributed by atoms with van der Waals surface area (Å²) in [7, 11) is 0. The molecule has 0 N–H and O–H groups in total. The van der Waals surface area contributed by atoms with Crippen molar-refractivity contribution in [1.29, 1.82) is 0 Å². The average molecular weight is 196 g/mol. The lowest BCUT2D eigenvalue weighted by Gasteiger charge is -2.47. The van der Waals surface area contributed by atoms with Gasteiger partial charge in [0.1, 0.15) is 0 Å². The molecule has 80 valence electrons. The molecule has 0 aromatic heterocycles. The quantitative estimate of drug-likeness (QED) is 0.555. The van der Waals surface area contributed by atoms with E-state index in [9.17, 15) is 0 Å². The fourth-order valence-electron chi connectivity index (χ4n) is 2.63. The van der Waals surface area contributed by atoms with E-state index in [4.69, 9.17) is 9.47 Å². The van der Waals surface area contributed by atoms with Gasteiger partial charge in [0.25, 0.3) is 0 Å². The fraction of sp³-hybridized carbons (Fsp3) is 0.833. The van der Waals surface area contributed by atoms with Crippen LogP contribution in [0.5, 0.6) is 0 Å². The Labute approximate surface area is 86.3 Å². The molecule has 0 aromatic rings. The van der Waals surface area contributed by atoms with Crippen LogP contribution in [-0.4, -0.2) is 19.0 Å². The van der Waals surface area contributed by atoms with Gasteiger partial charge in [-0.1, -0.05) is 25.0 Å². The maximum atomic E-state index is 5.86. The Morgan fingerprint density at radius 1 is 1.07 bits per heavy atom. The van der Waals surface area contributed by atoms with Gasteiger partial charge in [-0.15, -0.1) is 0 Å². The zero-order valence-corrected chi connectivity index (χ0v) is 9.64. The van der Waals surface area contributed by atoms with Gasteiger partial charge in [-0.25, -0.2) is 0 Å². The van der Waals surface area contributed by atoms with Gasteiger partial charge in [0.2, 0.25) is 0 Å². The zero-order valence-electron chi connectivity index (χ0n) is 9.64. The Balaban J connectivity index is 2.39. The normalized spacial score (nSPS) is 30.0. The first-order valence-electron chi connectivity index (χ1n) is 5.44. The molecule has 2 aliphatic rings. The highest BCUT2D eigenvalue weighted by atomic mass is 16.7. The molecule has 0 saturated carbocycles. The highest BCUT2D eigenvalue weighted by molar-refractivity contribution is 5.25. The lowest BCUT2D eigenvalue weighted by Crippen LogP contribution is -2.49. The Bertz CT molecular complexity index is 270. The molecule has 1 saturated heterocycles. The van der Waals surface area contributed by atoms with Crippen LogP contribution in [0.25, 0.3) is 0 Å². The van der Waals surface area contributed by atoms with Gasteiger partial charge in [0.15, 0.2) is 5.79 Å². The Morgan fingerprint density at radius 2 is 1.64 bits per heavy atom. The summed E-state index contributed by atoms with van der Waals surface area (Å²) in [5.74, 6) is -0.337. The summed E-state index contributed by atoms with van der Waals surface area (Å²) in [5.41, 5.74) is 2.96. The molecule has 0 unspecified atom stereocenters. The van der Waals surface area contributed by atoms with Gasteiger partial charge in [0.05, 0.1) is 13.2 Å². The van der Waals surface area contributed by atoms with Crippen molar-refractivity contribution in [2.24, 2.45) is 5.41 Å². The molecular formula is C12H20O2. The van der Waals surface area contributed by atoms with Crippen molar-refractivity contribution in [3.05, 3.63) is 11.1 Å². The summed E-state index contributed by atoms with van der Waals surface area (Å²) >= 11 is 0. The van der Waals surface area contributed by atoms with Crippen molar-refractivity contribution in [2.75, 3.05) is 13.2 Å². The second-order valence-corrected chi connectivity index (χ2v) is 4.98. The summed E-state index contributed by atoms with van der Waals surface area (Å²) in [4.78, 5) is 0. The molecule has 1 heterocycles. The first kappa shape index (κ1) is 10.2. The smallest absolute Gasteiger partial charge is 0.177 e. The van der Waals surface area contributed by atoms with Crippen LogP contribution in [0, 0.1) is 5.41 Å². The highest BCUT2D eigenvalue weighted by Gasteiger charge is 2.52. The van der Waals surface area contributed by atoms with Gasteiger partial charge in [-0.05, 0) is 20.3 Å². The van der Waals surface area contributed by atoms with E-state index in [1.165, 1.54) is 11.1 Å². The van der Waals surface area contributed by atoms with Crippen LogP contribution in [-0.2, 0) is 9.47 Å². The highest BCUT2D eigenvalue weighted by Crippen LogP contribution is 2.51. The first-order chi connectivity index (χ1) is 6.50. The van der Waals surface area contributed by atoms with Crippen molar-refractivity contribution in [2.45, 2.75) is 46.3 Å². The standard InChI is InChI=1S/C12H20O2/c1-9-5-6-12(13-7-8-14-12)11(3,4)10(9)2/h5-8H2,1-4H3. The maximum Gasteiger partial charge on any atom is 0.177 e. The number of rotatable bonds is 0. The van der Waals surface area contributed by atoms with Crippen LogP contribution in [0.1, 0.15) is 40.5 Å². The summed E-state index contributed by atoms with van der Waals surface area (Å²) < 4.78 is 11.7. The molecule has 0 amide bonds. The van der Waals surface area contributed by atoms with Crippen LogP contribution in [0.3, 0.4) is 0 Å². The minimum absolute atomic E-state index is 0.0197. The molecule has 1 aliphatic carbocycles. The van der Waals surface area contributed by atoms with Gasteiger partial charge in [0, 0.05) is 11.8 Å². The average Bonchev–Trinajstić information content (AvgIpc) is 2.60. The van der Waals surface area contributed by atoms with Gasteiger partial charge in [-0.2, -0.15) is 0 Å². The van der Waals surface area contributed by atoms with Crippen LogP contribution in [0.4, 0.5) is 0 Å². The van der Waals surface area contributed by atoms with Gasteiger partial charge >= 0.3 is 0 Å². The molecule has 0 atom stereocenters. The van der Waals surface area contributed by atoms with E-state index < -0.39 is 0 Å². The van der Waals surface area contributed by atoms with E-state index >= 15 is 0 Å². The molecule has 1 fully saturated rings. The van der Waals surface area contributed by atoms with E-state index in [-0.39, 0.29) is 11.2 Å². The third-order valence-electron chi connectivity index (χ3n) is 4.11. The summed E-state index contributed by atoms with van der Waals surface area (Å²) in [6.07, 6.45) is 2.11. The number of allylic oxidation sites excluding steroid dienone is 1. The molecule has 1 aliphatic heterocycles. The Kier molecular flexibility index (Phi) is 2.24. The van der Waals surface area contributed by atoms with Crippen LogP contribution in [0.15, 0.2) is 11.1 Å². The molecule has 1 spiro atoms. The third-order valence-corrected chi connectivity index (χ3v) is 4.11. The predicted octanol–water partition coefficient (Wildman–Crippen LogP) is 2.89. The zero-order chi connectivity index (χ0) is 10.4. The van der Waals surface area contributed by atoms with Crippen molar-refractivity contribution in [3.8, 4) is 0 Å². The minimum atomic E-state index is -0.337. The molecule has 0 bridgehead atoms. The second-order valence-electron chi connectivity index (χ2n) is 4.98. The number of ether oxygens (including phenoxy) is 2. The Morgan fingerprint density at radius 3 is 2.21 bits per heavy atom. The van der Waals surface area contributed by atoms with Crippen LogP contribution >= 0.6 is 0 Å². The monoisotopic (exact) mass is 196 g/mol. The topological polar surface area (TPSA) is 18.5 Å². The predicted molar refractivity (Wildman–Crippen MR) is 56.0 cm³/mol. The molecule has 2 rings (SSSR count). The van der Waals surface area contributed by atoms with Crippen molar-refractivity contribution >= 4 is 0 Å². The van der Waals surface area contributed by atoms with Gasteiger partial charge in [-0.3, -0.25) is 0 Å². The van der Waals surface area contributed by atoms with E-state index in [0.29, 0.717) is 0 Å².